The number of para-hydroxylation sites is 1. The molecular weight excluding hydrogens is 354 g/mol. The summed E-state index contributed by atoms with van der Waals surface area (Å²) in [7, 11) is 2.94. The van der Waals surface area contributed by atoms with Crippen molar-refractivity contribution in [3.63, 3.8) is 0 Å². The molecule has 2 rings (SSSR count). The second kappa shape index (κ2) is 9.00. The summed E-state index contributed by atoms with van der Waals surface area (Å²) in [6.45, 7) is 2.42. The number of benzene rings is 2. The number of thiocarbonyl (C=S) groups is 1. The van der Waals surface area contributed by atoms with Crippen LogP contribution in [0, 0.1) is 17.0 Å². The number of hydrogen-bond acceptors (Lipinski definition) is 5. The van der Waals surface area contributed by atoms with Gasteiger partial charge in [0.25, 0.3) is 5.69 Å². The zero-order valence-electron chi connectivity index (χ0n) is 14.9. The van der Waals surface area contributed by atoms with Gasteiger partial charge in [0.2, 0.25) is 0 Å². The first kappa shape index (κ1) is 19.5. The average Bonchev–Trinajstić information content (AvgIpc) is 2.62. The summed E-state index contributed by atoms with van der Waals surface area (Å²) in [4.78, 5) is 10.9. The maximum absolute atomic E-state index is 11.3. The molecule has 0 saturated heterocycles. The Labute approximate surface area is 157 Å². The Morgan fingerprint density at radius 1 is 1.19 bits per heavy atom. The van der Waals surface area contributed by atoms with Crippen molar-refractivity contribution < 1.29 is 14.4 Å². The van der Waals surface area contributed by atoms with Crippen LogP contribution in [0.2, 0.25) is 0 Å². The van der Waals surface area contributed by atoms with Gasteiger partial charge in [-0.3, -0.25) is 10.1 Å². The van der Waals surface area contributed by atoms with Crippen LogP contribution in [0.25, 0.3) is 0 Å². The van der Waals surface area contributed by atoms with Crippen LogP contribution in [0.3, 0.4) is 0 Å². The zero-order valence-corrected chi connectivity index (χ0v) is 15.7. The third kappa shape index (κ3) is 4.82. The monoisotopic (exact) mass is 375 g/mol. The molecule has 0 saturated carbocycles. The summed E-state index contributed by atoms with van der Waals surface area (Å²) in [5, 5.41) is 18.0. The van der Waals surface area contributed by atoms with Crippen LogP contribution in [0.1, 0.15) is 11.1 Å². The molecule has 2 N–H and O–H groups in total. The Kier molecular flexibility index (Phi) is 6.74. The minimum Gasteiger partial charge on any atom is -0.493 e. The third-order valence-electron chi connectivity index (χ3n) is 3.85. The molecule has 8 heteroatoms. The highest BCUT2D eigenvalue weighted by Gasteiger charge is 2.19. The first-order chi connectivity index (χ1) is 12.5. The summed E-state index contributed by atoms with van der Waals surface area (Å²) in [5.74, 6) is 0.779. The van der Waals surface area contributed by atoms with Gasteiger partial charge in [0.15, 0.2) is 16.6 Å². The molecule has 0 spiro atoms. The van der Waals surface area contributed by atoms with Gasteiger partial charge in [-0.15, -0.1) is 0 Å². The molecule has 0 aliphatic rings. The Morgan fingerprint density at radius 2 is 1.85 bits per heavy atom. The molecule has 0 radical (unpaired) electrons. The maximum Gasteiger partial charge on any atom is 0.276 e. The van der Waals surface area contributed by atoms with Crippen LogP contribution in [-0.2, 0) is 6.42 Å². The normalized spacial score (nSPS) is 10.1. The number of methoxy groups -OCH3 is 2. The van der Waals surface area contributed by atoms with Gasteiger partial charge in [0.1, 0.15) is 0 Å². The van der Waals surface area contributed by atoms with E-state index in [0.717, 1.165) is 11.3 Å². The summed E-state index contributed by atoms with van der Waals surface area (Å²) in [6.07, 6.45) is 0.409. The highest BCUT2D eigenvalue weighted by atomic mass is 32.1. The molecule has 26 heavy (non-hydrogen) atoms. The minimum atomic E-state index is -0.429. The highest BCUT2D eigenvalue weighted by Crippen LogP contribution is 2.34. The molecule has 0 aromatic heterocycles. The molecule has 2 aromatic carbocycles. The van der Waals surface area contributed by atoms with Crippen LogP contribution in [-0.4, -0.2) is 30.8 Å². The summed E-state index contributed by atoms with van der Waals surface area (Å²) >= 11 is 5.28. The first-order valence-corrected chi connectivity index (χ1v) is 8.37. The van der Waals surface area contributed by atoms with Crippen LogP contribution in [0.15, 0.2) is 36.4 Å². The van der Waals surface area contributed by atoms with E-state index in [0.29, 0.717) is 35.1 Å². The molecule has 138 valence electrons. The standard InChI is InChI=1S/C18H21N3O4S/c1-12-6-4-5-7-14(12)20-18(26)19-9-8-13-10-16(24-2)17(25-3)11-15(13)21(22)23/h4-7,10-11H,8-9H2,1-3H3,(H2,19,20,26). The van der Waals surface area contributed by atoms with Crippen molar-refractivity contribution >= 4 is 28.7 Å². The predicted molar refractivity (Wildman–Crippen MR) is 105 cm³/mol. The van der Waals surface area contributed by atoms with E-state index in [1.165, 1.54) is 20.3 Å². The Hall–Kier alpha value is -2.87. The summed E-state index contributed by atoms with van der Waals surface area (Å²) in [5.41, 5.74) is 2.52. The van der Waals surface area contributed by atoms with Gasteiger partial charge in [0, 0.05) is 17.8 Å². The quantitative estimate of drug-likeness (QED) is 0.435. The fourth-order valence-electron chi connectivity index (χ4n) is 2.47. The number of aryl methyl sites for hydroxylation is 1. The van der Waals surface area contributed by atoms with E-state index >= 15 is 0 Å². The number of nitrogens with one attached hydrogen (secondary N) is 2. The van der Waals surface area contributed by atoms with Gasteiger partial charge in [-0.05, 0) is 43.3 Å². The van der Waals surface area contributed by atoms with Gasteiger partial charge >= 0.3 is 0 Å². The Balaban J connectivity index is 2.03. The lowest BCUT2D eigenvalue weighted by Gasteiger charge is -2.13. The molecule has 0 fully saturated rings. The second-order valence-electron chi connectivity index (χ2n) is 5.54. The van der Waals surface area contributed by atoms with Crippen molar-refractivity contribution in [2.75, 3.05) is 26.1 Å². The van der Waals surface area contributed by atoms with E-state index in [1.807, 2.05) is 31.2 Å². The molecule has 0 bridgehead atoms. The van der Waals surface area contributed by atoms with Gasteiger partial charge in [-0.1, -0.05) is 18.2 Å². The van der Waals surface area contributed by atoms with Crippen LogP contribution in [0.5, 0.6) is 11.5 Å². The average molecular weight is 375 g/mol. The molecule has 0 aliphatic carbocycles. The lowest BCUT2D eigenvalue weighted by atomic mass is 10.1. The second-order valence-corrected chi connectivity index (χ2v) is 5.95. The summed E-state index contributed by atoms with van der Waals surface area (Å²) in [6, 6.07) is 10.8. The smallest absolute Gasteiger partial charge is 0.276 e. The molecule has 0 amide bonds. The van der Waals surface area contributed by atoms with Crippen LogP contribution >= 0.6 is 12.2 Å². The molecule has 0 atom stereocenters. The highest BCUT2D eigenvalue weighted by molar-refractivity contribution is 7.80. The predicted octanol–water partition coefficient (Wildman–Crippen LogP) is 3.45. The largest absolute Gasteiger partial charge is 0.493 e. The maximum atomic E-state index is 11.3. The molecular formula is C18H21N3O4S. The number of nitro benzene ring substituents is 1. The molecule has 2 aromatic rings. The van der Waals surface area contributed by atoms with Crippen molar-refractivity contribution in [1.29, 1.82) is 0 Å². The van der Waals surface area contributed by atoms with E-state index in [4.69, 9.17) is 21.7 Å². The van der Waals surface area contributed by atoms with Gasteiger partial charge < -0.3 is 20.1 Å². The van der Waals surface area contributed by atoms with E-state index in [9.17, 15) is 10.1 Å². The fourth-order valence-corrected chi connectivity index (χ4v) is 2.68. The van der Waals surface area contributed by atoms with Crippen LogP contribution < -0.4 is 20.1 Å². The van der Waals surface area contributed by atoms with Crippen molar-refractivity contribution in [1.82, 2.24) is 5.32 Å². The molecule has 7 nitrogen and oxygen atoms in total. The molecule has 0 unspecified atom stereocenters. The van der Waals surface area contributed by atoms with Gasteiger partial charge in [0.05, 0.1) is 25.2 Å². The van der Waals surface area contributed by atoms with Gasteiger partial charge in [-0.25, -0.2) is 0 Å². The fraction of sp³-hybridized carbons (Fsp3) is 0.278. The van der Waals surface area contributed by atoms with Gasteiger partial charge in [-0.2, -0.15) is 0 Å². The number of anilines is 1. The lowest BCUT2D eigenvalue weighted by molar-refractivity contribution is -0.385. The SMILES string of the molecule is COc1cc(CCNC(=S)Nc2ccccc2C)c([N+](=O)[O-])cc1OC. The number of ether oxygens (including phenoxy) is 2. The van der Waals surface area contributed by atoms with Crippen LogP contribution in [0.4, 0.5) is 11.4 Å². The number of nitro groups is 1. The first-order valence-electron chi connectivity index (χ1n) is 7.96. The van der Waals surface area contributed by atoms with E-state index in [-0.39, 0.29) is 5.69 Å². The van der Waals surface area contributed by atoms with E-state index in [1.54, 1.807) is 6.07 Å². The molecule has 0 aliphatic heterocycles. The molecule has 0 heterocycles. The van der Waals surface area contributed by atoms with Crippen molar-refractivity contribution in [2.45, 2.75) is 13.3 Å². The van der Waals surface area contributed by atoms with E-state index < -0.39 is 4.92 Å². The topological polar surface area (TPSA) is 85.7 Å². The zero-order chi connectivity index (χ0) is 19.1. The number of rotatable bonds is 7. The van der Waals surface area contributed by atoms with Crippen molar-refractivity contribution in [2.24, 2.45) is 0 Å². The van der Waals surface area contributed by atoms with E-state index in [2.05, 4.69) is 10.6 Å². The number of hydrogen-bond donors (Lipinski definition) is 2. The third-order valence-corrected chi connectivity index (χ3v) is 4.10. The van der Waals surface area contributed by atoms with Crippen molar-refractivity contribution in [3.8, 4) is 11.5 Å². The van der Waals surface area contributed by atoms with Crippen molar-refractivity contribution in [3.05, 3.63) is 57.6 Å². The minimum absolute atomic E-state index is 0.0118. The summed E-state index contributed by atoms with van der Waals surface area (Å²) < 4.78 is 10.4. The Morgan fingerprint density at radius 3 is 2.46 bits per heavy atom. The lowest BCUT2D eigenvalue weighted by Crippen LogP contribution is -2.30. The number of nitrogens with zero attached hydrogens (tertiary/aromatic N) is 1. The Bertz CT molecular complexity index is 811.